The summed E-state index contributed by atoms with van der Waals surface area (Å²) in [5, 5.41) is 3.47. The SMILES string of the molecule is [B-][P@](=O)(OC[C@H]1O[C@@H](n2cc(C)c(=O)[nH]c2=O)C[C@@H]1N=[N+]=[N-])OP(=O)(O)NP(=O)(O)O. The lowest BCUT2D eigenvalue weighted by atomic mass is 10.1. The maximum absolute atomic E-state index is 12.1. The van der Waals surface area contributed by atoms with Crippen molar-refractivity contribution in [2.24, 2.45) is 5.11 Å². The fourth-order valence-electron chi connectivity index (χ4n) is 2.56. The van der Waals surface area contributed by atoms with Gasteiger partial charge in [0.05, 0.1) is 26.2 Å². The summed E-state index contributed by atoms with van der Waals surface area (Å²) in [6.45, 7) is 0.719. The van der Waals surface area contributed by atoms with Crippen LogP contribution < -0.4 is 16.1 Å². The van der Waals surface area contributed by atoms with Gasteiger partial charge in [-0.2, -0.15) is 0 Å². The lowest BCUT2D eigenvalue weighted by Gasteiger charge is -2.30. The summed E-state index contributed by atoms with van der Waals surface area (Å²) < 4.78 is 49.8. The zero-order valence-corrected chi connectivity index (χ0v) is 18.2. The van der Waals surface area contributed by atoms with Crippen LogP contribution >= 0.6 is 23.0 Å². The summed E-state index contributed by atoms with van der Waals surface area (Å²) in [6, 6.07) is -0.969. The molecule has 0 bridgehead atoms. The third kappa shape index (κ3) is 7.53. The van der Waals surface area contributed by atoms with E-state index in [4.69, 9.17) is 32.1 Å². The van der Waals surface area contributed by atoms with Gasteiger partial charge in [0, 0.05) is 23.1 Å². The van der Waals surface area contributed by atoms with Crippen LogP contribution in [0.5, 0.6) is 0 Å². The molecular formula is C10H16BN6O11P3-. The van der Waals surface area contributed by atoms with E-state index in [-0.39, 0.29) is 12.0 Å². The van der Waals surface area contributed by atoms with Crippen molar-refractivity contribution in [3.05, 3.63) is 43.0 Å². The summed E-state index contributed by atoms with van der Waals surface area (Å²) >= 11 is 0. The Morgan fingerprint density at radius 2 is 2.06 bits per heavy atom. The molecule has 1 aliphatic heterocycles. The lowest BCUT2D eigenvalue weighted by molar-refractivity contribution is -0.0230. The molecular weight excluding hydrogens is 484 g/mol. The number of rotatable bonds is 9. The van der Waals surface area contributed by atoms with Gasteiger partial charge >= 0.3 is 21.2 Å². The molecule has 1 aliphatic rings. The highest BCUT2D eigenvalue weighted by Crippen LogP contribution is 2.61. The van der Waals surface area contributed by atoms with Crippen LogP contribution in [0.3, 0.4) is 0 Å². The minimum Gasteiger partial charge on any atom is -0.443 e. The first kappa shape index (κ1) is 25.7. The Bertz CT molecular complexity index is 1140. The summed E-state index contributed by atoms with van der Waals surface area (Å²) in [5.74, 6) is 0. The molecule has 1 aromatic heterocycles. The summed E-state index contributed by atoms with van der Waals surface area (Å²) in [6.07, 6.45) is -1.02. The minimum atomic E-state index is -5.33. The number of nitrogens with zero attached hydrogens (tertiary/aromatic N) is 4. The molecule has 21 heteroatoms. The second-order valence-electron chi connectivity index (χ2n) is 6.20. The van der Waals surface area contributed by atoms with Crippen LogP contribution in [0.15, 0.2) is 20.9 Å². The van der Waals surface area contributed by atoms with E-state index in [0.29, 0.717) is 0 Å². The fraction of sp³-hybridized carbons (Fsp3) is 0.600. The third-order valence-electron chi connectivity index (χ3n) is 3.76. The molecule has 2 rings (SSSR count). The zero-order chi connectivity index (χ0) is 23.6. The Kier molecular flexibility index (Phi) is 7.91. The van der Waals surface area contributed by atoms with E-state index in [1.165, 1.54) is 13.1 Å². The number of aromatic amines is 1. The number of aromatic nitrogens is 2. The van der Waals surface area contributed by atoms with Gasteiger partial charge in [-0.15, -0.1) is 4.86 Å². The Morgan fingerprint density at radius 1 is 1.42 bits per heavy atom. The minimum absolute atomic E-state index is 0.0581. The van der Waals surface area contributed by atoms with Gasteiger partial charge in [0.1, 0.15) is 6.23 Å². The smallest absolute Gasteiger partial charge is 0.416 e. The van der Waals surface area contributed by atoms with Crippen molar-refractivity contribution >= 4 is 30.5 Å². The number of hydrogen-bond acceptors (Lipinski definition) is 9. The van der Waals surface area contributed by atoms with Crippen LogP contribution in [0.25, 0.3) is 10.4 Å². The number of aryl methyl sites for hydroxylation is 1. The number of hydrogen-bond donors (Lipinski definition) is 5. The molecule has 1 saturated heterocycles. The summed E-state index contributed by atoms with van der Waals surface area (Å²) in [5.41, 5.74) is 7.50. The second-order valence-corrected chi connectivity index (χ2v) is 11.1. The van der Waals surface area contributed by atoms with Crippen molar-refractivity contribution in [3.8, 4) is 0 Å². The zero-order valence-electron chi connectivity index (χ0n) is 15.5. The largest absolute Gasteiger partial charge is 0.443 e. The van der Waals surface area contributed by atoms with E-state index in [0.717, 1.165) is 9.42 Å². The molecule has 5 N–H and O–H groups in total. The maximum Gasteiger partial charge on any atom is 0.416 e. The average molecular weight is 500 g/mol. The van der Waals surface area contributed by atoms with E-state index in [1.54, 1.807) is 0 Å². The molecule has 0 saturated carbocycles. The van der Waals surface area contributed by atoms with Crippen LogP contribution in [0.2, 0.25) is 0 Å². The van der Waals surface area contributed by atoms with Crippen molar-refractivity contribution in [2.75, 3.05) is 6.61 Å². The van der Waals surface area contributed by atoms with Crippen LogP contribution in [0.4, 0.5) is 0 Å². The summed E-state index contributed by atoms with van der Waals surface area (Å²) in [7, 11) is -10.3. The van der Waals surface area contributed by atoms with Gasteiger partial charge in [0.2, 0.25) is 0 Å². The number of nitrogens with one attached hydrogen (secondary N) is 2. The van der Waals surface area contributed by atoms with Gasteiger partial charge in [0.25, 0.3) is 5.56 Å². The van der Waals surface area contributed by atoms with E-state index in [2.05, 4.69) is 19.3 Å². The van der Waals surface area contributed by atoms with E-state index in [9.17, 15) is 28.2 Å². The van der Waals surface area contributed by atoms with Crippen molar-refractivity contribution in [1.29, 1.82) is 0 Å². The topological polar surface area (TPSA) is 255 Å². The van der Waals surface area contributed by atoms with Gasteiger partial charge in [-0.3, -0.25) is 18.7 Å². The molecule has 3 radical (unpaired) electrons. The Labute approximate surface area is 174 Å². The lowest BCUT2D eigenvalue weighted by Crippen LogP contribution is -2.33. The average Bonchev–Trinajstić information content (AvgIpc) is 2.96. The predicted molar refractivity (Wildman–Crippen MR) is 103 cm³/mol. The van der Waals surface area contributed by atoms with Crippen molar-refractivity contribution in [3.63, 3.8) is 0 Å². The van der Waals surface area contributed by atoms with Gasteiger partial charge in [-0.1, -0.05) is 5.11 Å². The highest BCUT2D eigenvalue weighted by Gasteiger charge is 2.38. The molecule has 1 unspecified atom stereocenters. The van der Waals surface area contributed by atoms with Gasteiger partial charge in [-0.25, -0.2) is 13.9 Å². The second kappa shape index (κ2) is 9.53. The molecule has 1 fully saturated rings. The molecule has 171 valence electrons. The maximum atomic E-state index is 12.1. The van der Waals surface area contributed by atoms with E-state index < -0.39 is 59.2 Å². The molecule has 17 nitrogen and oxygen atoms in total. The van der Waals surface area contributed by atoms with Crippen molar-refractivity contribution in [1.82, 2.24) is 14.4 Å². The highest BCUT2D eigenvalue weighted by molar-refractivity contribution is 7.84. The van der Waals surface area contributed by atoms with E-state index in [1.807, 2.05) is 0 Å². The first-order valence-corrected chi connectivity index (χ1v) is 12.9. The summed E-state index contributed by atoms with van der Waals surface area (Å²) in [4.78, 5) is 55.7. The first-order valence-electron chi connectivity index (χ1n) is 8.06. The predicted octanol–water partition coefficient (Wildman–Crippen LogP) is -0.0961. The highest BCUT2D eigenvalue weighted by atomic mass is 31.3. The molecule has 2 heterocycles. The Morgan fingerprint density at radius 3 is 2.65 bits per heavy atom. The Balaban J connectivity index is 2.14. The van der Waals surface area contributed by atoms with Crippen LogP contribution in [0, 0.1) is 6.92 Å². The quantitative estimate of drug-likeness (QED) is 0.0980. The molecule has 5 atom stereocenters. The first-order chi connectivity index (χ1) is 14.1. The normalized spacial score (nSPS) is 25.4. The van der Waals surface area contributed by atoms with Crippen molar-refractivity contribution in [2.45, 2.75) is 31.7 Å². The monoisotopic (exact) mass is 500 g/mol. The van der Waals surface area contributed by atoms with Crippen LogP contribution in [0.1, 0.15) is 18.2 Å². The molecule has 31 heavy (non-hydrogen) atoms. The van der Waals surface area contributed by atoms with Gasteiger partial charge in [0.15, 0.2) is 0 Å². The third-order valence-corrected chi connectivity index (χ3v) is 8.12. The molecule has 0 amide bonds. The molecule has 0 aliphatic carbocycles. The molecule has 0 aromatic carbocycles. The molecule has 1 aromatic rings. The van der Waals surface area contributed by atoms with Crippen molar-refractivity contribution < 1.29 is 41.9 Å². The van der Waals surface area contributed by atoms with Crippen LogP contribution in [-0.4, -0.2) is 50.5 Å². The van der Waals surface area contributed by atoms with Crippen LogP contribution in [-0.2, 0) is 27.3 Å². The van der Waals surface area contributed by atoms with Gasteiger partial charge in [-0.05, 0) is 12.5 Å². The fourth-order valence-corrected chi connectivity index (χ4v) is 6.13. The standard InChI is InChI=1S/C10H16BN6O11P3/c1-5-3-17(10(19)13-9(5)18)8-2-6(14-15-12)7(27-8)4-26-29(11,20)28-31(24,25)16-30(21,22)23/h3,6-8H,2,4H2,1H3,(H,13,18,19)(H4,16,21,22,23,24,25)/q-1/t6-,7+,8+,29-/m0/s1. The molecule has 0 spiro atoms. The number of ether oxygens (including phenoxy) is 1. The number of azide groups is 1. The number of H-pyrrole nitrogens is 1. The van der Waals surface area contributed by atoms with Gasteiger partial charge < -0.3 is 36.1 Å². The van der Waals surface area contributed by atoms with E-state index >= 15 is 0 Å². The Hall–Kier alpha value is -1.54.